The number of urea groups is 1. The molecule has 2 rings (SSSR count). The Morgan fingerprint density at radius 3 is 2.95 bits per heavy atom. The number of amides is 2. The van der Waals surface area contributed by atoms with Crippen molar-refractivity contribution >= 4 is 34.9 Å². The molecule has 1 saturated heterocycles. The maximum Gasteiger partial charge on any atom is 0.321 e. The van der Waals surface area contributed by atoms with Crippen molar-refractivity contribution in [3.05, 3.63) is 28.2 Å². The van der Waals surface area contributed by atoms with E-state index in [9.17, 15) is 4.79 Å². The quantitative estimate of drug-likeness (QED) is 0.891. The highest BCUT2D eigenvalue weighted by molar-refractivity contribution is 6.35. The van der Waals surface area contributed by atoms with E-state index in [-0.39, 0.29) is 6.03 Å². The summed E-state index contributed by atoms with van der Waals surface area (Å²) in [7, 11) is 0. The predicted molar refractivity (Wildman–Crippen MR) is 83.8 cm³/mol. The van der Waals surface area contributed by atoms with Crippen LogP contribution in [0.3, 0.4) is 0 Å². The van der Waals surface area contributed by atoms with Gasteiger partial charge in [0.25, 0.3) is 0 Å². The third-order valence-electron chi connectivity index (χ3n) is 3.44. The molecule has 110 valence electrons. The first-order valence-corrected chi connectivity index (χ1v) is 7.60. The molecule has 1 heterocycles. The fourth-order valence-corrected chi connectivity index (χ4v) is 2.66. The van der Waals surface area contributed by atoms with Gasteiger partial charge in [-0.3, -0.25) is 0 Å². The maximum absolute atomic E-state index is 12.3. The van der Waals surface area contributed by atoms with Crippen LogP contribution in [0.2, 0.25) is 10.0 Å². The van der Waals surface area contributed by atoms with Gasteiger partial charge in [0.1, 0.15) is 0 Å². The van der Waals surface area contributed by atoms with E-state index >= 15 is 0 Å². The molecule has 4 nitrogen and oxygen atoms in total. The van der Waals surface area contributed by atoms with E-state index in [1.165, 1.54) is 6.42 Å². The fourth-order valence-electron chi connectivity index (χ4n) is 2.32. The molecule has 1 aromatic carbocycles. The van der Waals surface area contributed by atoms with Crippen molar-refractivity contribution in [1.29, 1.82) is 0 Å². The minimum Gasteiger partial charge on any atom is -0.323 e. The van der Waals surface area contributed by atoms with E-state index in [1.54, 1.807) is 23.1 Å². The second-order valence-corrected chi connectivity index (χ2v) is 5.73. The number of carbonyl (C=O) groups is 1. The van der Waals surface area contributed by atoms with E-state index in [4.69, 9.17) is 23.2 Å². The van der Waals surface area contributed by atoms with Gasteiger partial charge in [0.05, 0.1) is 10.7 Å². The van der Waals surface area contributed by atoms with Crippen molar-refractivity contribution in [3.8, 4) is 0 Å². The van der Waals surface area contributed by atoms with Crippen molar-refractivity contribution < 1.29 is 4.79 Å². The highest BCUT2D eigenvalue weighted by Crippen LogP contribution is 2.25. The maximum atomic E-state index is 12.3. The number of nitrogens with one attached hydrogen (secondary N) is 2. The summed E-state index contributed by atoms with van der Waals surface area (Å²) >= 11 is 12.0. The molecule has 1 unspecified atom stereocenters. The molecule has 0 saturated carbocycles. The van der Waals surface area contributed by atoms with Crippen LogP contribution in [0.1, 0.15) is 19.8 Å². The van der Waals surface area contributed by atoms with Gasteiger partial charge < -0.3 is 15.5 Å². The summed E-state index contributed by atoms with van der Waals surface area (Å²) in [5, 5.41) is 7.24. The molecule has 6 heteroatoms. The SMILES string of the molecule is CCN(CC1CCCN1)C(=O)Nc1cc(Cl)ccc1Cl. The van der Waals surface area contributed by atoms with Gasteiger partial charge in [-0.2, -0.15) is 0 Å². The van der Waals surface area contributed by atoms with Gasteiger partial charge in [-0.25, -0.2) is 4.79 Å². The van der Waals surface area contributed by atoms with Crippen molar-refractivity contribution in [2.45, 2.75) is 25.8 Å². The standard InChI is InChI=1S/C14H19Cl2N3O/c1-2-19(9-11-4-3-7-17-11)14(20)18-13-8-10(15)5-6-12(13)16/h5-6,8,11,17H,2-4,7,9H2,1H3,(H,18,20). The van der Waals surface area contributed by atoms with Crippen LogP contribution < -0.4 is 10.6 Å². The summed E-state index contributed by atoms with van der Waals surface area (Å²) in [6, 6.07) is 5.26. The van der Waals surface area contributed by atoms with E-state index in [2.05, 4.69) is 10.6 Å². The van der Waals surface area contributed by atoms with Gasteiger partial charge in [-0.1, -0.05) is 23.2 Å². The van der Waals surface area contributed by atoms with Crippen LogP contribution in [0.5, 0.6) is 0 Å². The molecular weight excluding hydrogens is 297 g/mol. The van der Waals surface area contributed by atoms with Gasteiger partial charge in [-0.05, 0) is 44.5 Å². The first kappa shape index (κ1) is 15.4. The van der Waals surface area contributed by atoms with E-state index in [0.717, 1.165) is 13.0 Å². The first-order chi connectivity index (χ1) is 9.60. The molecule has 0 spiro atoms. The lowest BCUT2D eigenvalue weighted by atomic mass is 10.2. The lowest BCUT2D eigenvalue weighted by molar-refractivity contribution is 0.209. The van der Waals surface area contributed by atoms with Crippen molar-refractivity contribution in [1.82, 2.24) is 10.2 Å². The number of rotatable bonds is 4. The van der Waals surface area contributed by atoms with Crippen LogP contribution in [-0.4, -0.2) is 36.6 Å². The molecule has 2 amide bonds. The van der Waals surface area contributed by atoms with Crippen LogP contribution in [0.4, 0.5) is 10.5 Å². The summed E-state index contributed by atoms with van der Waals surface area (Å²) in [5.41, 5.74) is 0.544. The Morgan fingerprint density at radius 2 is 2.30 bits per heavy atom. The molecule has 2 N–H and O–H groups in total. The minimum atomic E-state index is -0.148. The number of likely N-dealkylation sites (N-methyl/N-ethyl adjacent to an activating group) is 1. The average Bonchev–Trinajstić information content (AvgIpc) is 2.93. The van der Waals surface area contributed by atoms with Gasteiger partial charge in [0, 0.05) is 24.2 Å². The number of benzene rings is 1. The molecule has 0 aliphatic carbocycles. The third kappa shape index (κ3) is 4.01. The summed E-state index contributed by atoms with van der Waals surface area (Å²) in [6.07, 6.45) is 2.28. The lowest BCUT2D eigenvalue weighted by Gasteiger charge is -2.25. The van der Waals surface area contributed by atoms with Crippen molar-refractivity contribution in [2.75, 3.05) is 25.0 Å². The summed E-state index contributed by atoms with van der Waals surface area (Å²) in [4.78, 5) is 14.1. The van der Waals surface area contributed by atoms with Crippen LogP contribution in [0.15, 0.2) is 18.2 Å². The van der Waals surface area contributed by atoms with E-state index in [1.807, 2.05) is 6.92 Å². The fraction of sp³-hybridized carbons (Fsp3) is 0.500. The molecule has 0 bridgehead atoms. The number of halogens is 2. The molecule has 0 aromatic heterocycles. The minimum absolute atomic E-state index is 0.148. The third-order valence-corrected chi connectivity index (χ3v) is 4.01. The second-order valence-electron chi connectivity index (χ2n) is 4.89. The Bertz CT molecular complexity index is 475. The molecule has 1 fully saturated rings. The summed E-state index contributed by atoms with van der Waals surface area (Å²) in [6.45, 7) is 4.36. The van der Waals surface area contributed by atoms with Crippen LogP contribution in [-0.2, 0) is 0 Å². The van der Waals surface area contributed by atoms with Gasteiger partial charge in [0.2, 0.25) is 0 Å². The van der Waals surface area contributed by atoms with E-state index in [0.29, 0.717) is 34.9 Å². The Morgan fingerprint density at radius 1 is 1.50 bits per heavy atom. The molecule has 1 aliphatic heterocycles. The van der Waals surface area contributed by atoms with Crippen molar-refractivity contribution in [2.24, 2.45) is 0 Å². The zero-order valence-electron chi connectivity index (χ0n) is 11.5. The highest BCUT2D eigenvalue weighted by atomic mass is 35.5. The molecule has 1 aliphatic rings. The number of hydrogen-bond acceptors (Lipinski definition) is 2. The molecule has 1 aromatic rings. The summed E-state index contributed by atoms with van der Waals surface area (Å²) in [5.74, 6) is 0. The topological polar surface area (TPSA) is 44.4 Å². The zero-order valence-corrected chi connectivity index (χ0v) is 13.0. The normalized spacial score (nSPS) is 18.1. The van der Waals surface area contributed by atoms with Gasteiger partial charge in [-0.15, -0.1) is 0 Å². The first-order valence-electron chi connectivity index (χ1n) is 6.84. The Labute approximate surface area is 129 Å². The Balaban J connectivity index is 1.99. The monoisotopic (exact) mass is 315 g/mol. The largest absolute Gasteiger partial charge is 0.323 e. The van der Waals surface area contributed by atoms with Crippen molar-refractivity contribution in [3.63, 3.8) is 0 Å². The summed E-state index contributed by atoms with van der Waals surface area (Å²) < 4.78 is 0. The zero-order chi connectivity index (χ0) is 14.5. The molecule has 20 heavy (non-hydrogen) atoms. The highest BCUT2D eigenvalue weighted by Gasteiger charge is 2.20. The van der Waals surface area contributed by atoms with Crippen LogP contribution in [0, 0.1) is 0 Å². The van der Waals surface area contributed by atoms with Gasteiger partial charge in [0.15, 0.2) is 0 Å². The van der Waals surface area contributed by atoms with Crippen LogP contribution in [0.25, 0.3) is 0 Å². The van der Waals surface area contributed by atoms with Crippen LogP contribution >= 0.6 is 23.2 Å². The average molecular weight is 316 g/mol. The Kier molecular flexibility index (Phi) is 5.52. The number of nitrogens with zero attached hydrogens (tertiary/aromatic N) is 1. The smallest absolute Gasteiger partial charge is 0.321 e. The van der Waals surface area contributed by atoms with Gasteiger partial charge >= 0.3 is 6.03 Å². The molecule has 0 radical (unpaired) electrons. The molecule has 1 atom stereocenters. The van der Waals surface area contributed by atoms with E-state index < -0.39 is 0 Å². The number of hydrogen-bond donors (Lipinski definition) is 2. The molecular formula is C14H19Cl2N3O. The Hall–Kier alpha value is -0.970. The lowest BCUT2D eigenvalue weighted by Crippen LogP contribution is -2.43. The number of anilines is 1. The second kappa shape index (κ2) is 7.16. The number of carbonyl (C=O) groups excluding carboxylic acids is 1. The predicted octanol–water partition coefficient (Wildman–Crippen LogP) is 3.60.